The van der Waals surface area contributed by atoms with Crippen molar-refractivity contribution in [1.82, 2.24) is 4.98 Å². The van der Waals surface area contributed by atoms with Crippen LogP contribution in [0.15, 0.2) is 6.20 Å². The van der Waals surface area contributed by atoms with Gasteiger partial charge >= 0.3 is 6.36 Å². The summed E-state index contributed by atoms with van der Waals surface area (Å²) in [5, 5.41) is 0. The summed E-state index contributed by atoms with van der Waals surface area (Å²) in [5.41, 5.74) is -0.221. The SMILES string of the molecule is COc1c(CCl)ncc(OC(F)(F)F)c1C=O. The molecule has 1 heterocycles. The van der Waals surface area contributed by atoms with E-state index in [0.29, 0.717) is 0 Å². The van der Waals surface area contributed by atoms with Gasteiger partial charge in [-0.1, -0.05) is 0 Å². The Bertz CT molecular complexity index is 423. The van der Waals surface area contributed by atoms with Gasteiger partial charge in [-0.05, 0) is 0 Å². The van der Waals surface area contributed by atoms with Crippen molar-refractivity contribution in [1.29, 1.82) is 0 Å². The molecule has 17 heavy (non-hydrogen) atoms. The maximum atomic E-state index is 12.0. The molecule has 1 aromatic rings. The summed E-state index contributed by atoms with van der Waals surface area (Å²) in [7, 11) is 1.19. The summed E-state index contributed by atoms with van der Waals surface area (Å²) in [5.74, 6) is -0.953. The Morgan fingerprint density at radius 1 is 1.53 bits per heavy atom. The molecule has 4 nitrogen and oxygen atoms in total. The predicted octanol–water partition coefficient (Wildman–Crippen LogP) is 2.54. The molecule has 0 amide bonds. The van der Waals surface area contributed by atoms with Gasteiger partial charge in [-0.15, -0.1) is 24.8 Å². The highest BCUT2D eigenvalue weighted by atomic mass is 35.5. The van der Waals surface area contributed by atoms with Crippen molar-refractivity contribution in [2.24, 2.45) is 0 Å². The van der Waals surface area contributed by atoms with E-state index in [1.807, 2.05) is 0 Å². The molecular weight excluding hydrogens is 263 g/mol. The number of hydrogen-bond donors (Lipinski definition) is 0. The zero-order chi connectivity index (χ0) is 13.1. The molecule has 0 N–H and O–H groups in total. The van der Waals surface area contributed by atoms with Crippen molar-refractivity contribution >= 4 is 17.9 Å². The molecule has 0 saturated carbocycles. The number of carbonyl (C=O) groups excluding carboxylic acids is 1. The second-order valence-corrected chi connectivity index (χ2v) is 3.08. The van der Waals surface area contributed by atoms with E-state index in [4.69, 9.17) is 16.3 Å². The minimum atomic E-state index is -4.91. The lowest BCUT2D eigenvalue weighted by molar-refractivity contribution is -0.274. The maximum Gasteiger partial charge on any atom is 0.573 e. The highest BCUT2D eigenvalue weighted by Crippen LogP contribution is 2.33. The van der Waals surface area contributed by atoms with Crippen LogP contribution in [-0.4, -0.2) is 24.7 Å². The maximum absolute atomic E-state index is 12.0. The summed E-state index contributed by atoms with van der Waals surface area (Å²) in [6, 6.07) is 0. The van der Waals surface area contributed by atoms with Crippen molar-refractivity contribution in [3.63, 3.8) is 0 Å². The van der Waals surface area contributed by atoms with E-state index >= 15 is 0 Å². The largest absolute Gasteiger partial charge is 0.573 e. The van der Waals surface area contributed by atoms with E-state index in [2.05, 4.69) is 9.72 Å². The highest BCUT2D eigenvalue weighted by Gasteiger charge is 2.33. The Morgan fingerprint density at radius 3 is 2.59 bits per heavy atom. The van der Waals surface area contributed by atoms with Gasteiger partial charge in [0, 0.05) is 0 Å². The second kappa shape index (κ2) is 5.22. The molecule has 0 fully saturated rings. The molecule has 0 radical (unpaired) electrons. The van der Waals surface area contributed by atoms with Gasteiger partial charge in [-0.3, -0.25) is 9.78 Å². The Hall–Kier alpha value is -1.50. The van der Waals surface area contributed by atoms with E-state index in [0.717, 1.165) is 6.20 Å². The lowest BCUT2D eigenvalue weighted by atomic mass is 10.2. The predicted molar refractivity (Wildman–Crippen MR) is 52.4 cm³/mol. The van der Waals surface area contributed by atoms with E-state index in [1.54, 1.807) is 0 Å². The van der Waals surface area contributed by atoms with E-state index in [-0.39, 0.29) is 29.2 Å². The molecular formula is C9H7ClF3NO3. The van der Waals surface area contributed by atoms with Crippen LogP contribution in [0.1, 0.15) is 16.1 Å². The smallest absolute Gasteiger partial charge is 0.494 e. The molecule has 0 aromatic carbocycles. The molecule has 0 bridgehead atoms. The number of methoxy groups -OCH3 is 1. The first-order chi connectivity index (χ1) is 7.92. The third-order valence-corrected chi connectivity index (χ3v) is 2.04. The topological polar surface area (TPSA) is 48.4 Å². The molecule has 0 aliphatic carbocycles. The molecule has 1 aromatic heterocycles. The third-order valence-electron chi connectivity index (χ3n) is 1.78. The summed E-state index contributed by atoms with van der Waals surface area (Å²) in [4.78, 5) is 14.4. The average molecular weight is 270 g/mol. The number of carbonyl (C=O) groups is 1. The van der Waals surface area contributed by atoms with Gasteiger partial charge in [0.05, 0.1) is 24.9 Å². The van der Waals surface area contributed by atoms with Crippen LogP contribution in [-0.2, 0) is 5.88 Å². The van der Waals surface area contributed by atoms with Gasteiger partial charge in [0.1, 0.15) is 5.56 Å². The third kappa shape index (κ3) is 3.23. The summed E-state index contributed by atoms with van der Waals surface area (Å²) < 4.78 is 44.6. The Balaban J connectivity index is 3.28. The lowest BCUT2D eigenvalue weighted by Crippen LogP contribution is -2.18. The number of nitrogens with zero attached hydrogens (tertiary/aromatic N) is 1. The number of halogens is 4. The van der Waals surface area contributed by atoms with Crippen molar-refractivity contribution < 1.29 is 27.4 Å². The Kier molecular flexibility index (Phi) is 4.17. The molecule has 0 aliphatic heterocycles. The highest BCUT2D eigenvalue weighted by molar-refractivity contribution is 6.17. The zero-order valence-electron chi connectivity index (χ0n) is 8.55. The summed E-state index contributed by atoms with van der Waals surface area (Å²) in [6.07, 6.45) is -3.94. The van der Waals surface area contributed by atoms with Crippen LogP contribution in [0.4, 0.5) is 13.2 Å². The fourth-order valence-corrected chi connectivity index (χ4v) is 1.36. The second-order valence-electron chi connectivity index (χ2n) is 2.82. The number of aromatic nitrogens is 1. The average Bonchev–Trinajstić information content (AvgIpc) is 2.26. The van der Waals surface area contributed by atoms with Crippen molar-refractivity contribution in [3.8, 4) is 11.5 Å². The number of hydrogen-bond acceptors (Lipinski definition) is 4. The Morgan fingerprint density at radius 2 is 2.18 bits per heavy atom. The van der Waals surface area contributed by atoms with Crippen LogP contribution in [0.25, 0.3) is 0 Å². The zero-order valence-corrected chi connectivity index (χ0v) is 9.30. The molecule has 0 atom stereocenters. The number of pyridine rings is 1. The normalized spacial score (nSPS) is 11.1. The number of aldehydes is 1. The van der Waals surface area contributed by atoms with Gasteiger partial charge in [-0.25, -0.2) is 0 Å². The number of alkyl halides is 4. The molecule has 94 valence electrons. The minimum Gasteiger partial charge on any atom is -0.494 e. The molecule has 1 rings (SSSR count). The fraction of sp³-hybridized carbons (Fsp3) is 0.333. The van der Waals surface area contributed by atoms with Crippen LogP contribution in [0, 0.1) is 0 Å². The summed E-state index contributed by atoms with van der Waals surface area (Å²) >= 11 is 5.50. The van der Waals surface area contributed by atoms with E-state index in [1.165, 1.54) is 7.11 Å². The number of ether oxygens (including phenoxy) is 2. The van der Waals surface area contributed by atoms with Crippen LogP contribution in [0.5, 0.6) is 11.5 Å². The van der Waals surface area contributed by atoms with Gasteiger partial charge in [0.15, 0.2) is 17.8 Å². The molecule has 0 spiro atoms. The van der Waals surface area contributed by atoms with E-state index in [9.17, 15) is 18.0 Å². The van der Waals surface area contributed by atoms with Crippen molar-refractivity contribution in [3.05, 3.63) is 17.5 Å². The monoisotopic (exact) mass is 269 g/mol. The summed E-state index contributed by atoms with van der Waals surface area (Å²) in [6.45, 7) is 0. The standard InChI is InChI=1S/C9H7ClF3NO3/c1-16-8-5(4-15)7(17-9(11,12)13)3-14-6(8)2-10/h3-4H,2H2,1H3. The fourth-order valence-electron chi connectivity index (χ4n) is 1.17. The van der Waals surface area contributed by atoms with Crippen LogP contribution in [0.2, 0.25) is 0 Å². The van der Waals surface area contributed by atoms with Crippen molar-refractivity contribution in [2.75, 3.05) is 7.11 Å². The van der Waals surface area contributed by atoms with E-state index < -0.39 is 12.1 Å². The van der Waals surface area contributed by atoms with Gasteiger partial charge in [0.25, 0.3) is 0 Å². The Labute approximate surface area is 99.3 Å². The van der Waals surface area contributed by atoms with Gasteiger partial charge in [-0.2, -0.15) is 0 Å². The number of rotatable bonds is 4. The van der Waals surface area contributed by atoms with Crippen LogP contribution >= 0.6 is 11.6 Å². The van der Waals surface area contributed by atoms with Gasteiger partial charge in [0.2, 0.25) is 0 Å². The first-order valence-electron chi connectivity index (χ1n) is 4.25. The quantitative estimate of drug-likeness (QED) is 0.622. The molecule has 0 aliphatic rings. The van der Waals surface area contributed by atoms with Crippen molar-refractivity contribution in [2.45, 2.75) is 12.2 Å². The van der Waals surface area contributed by atoms with Crippen LogP contribution in [0.3, 0.4) is 0 Å². The molecule has 0 saturated heterocycles. The first-order valence-corrected chi connectivity index (χ1v) is 4.79. The molecule has 8 heteroatoms. The lowest BCUT2D eigenvalue weighted by Gasteiger charge is -2.14. The molecule has 0 unspecified atom stereocenters. The minimum absolute atomic E-state index is 0.101. The van der Waals surface area contributed by atoms with Gasteiger partial charge < -0.3 is 9.47 Å². The van der Waals surface area contributed by atoms with Crippen LogP contribution < -0.4 is 9.47 Å². The first kappa shape index (κ1) is 13.6.